The van der Waals surface area contributed by atoms with Gasteiger partial charge < -0.3 is 29.6 Å². The minimum atomic E-state index is -4.86. The van der Waals surface area contributed by atoms with Gasteiger partial charge in [0.1, 0.15) is 29.2 Å². The Morgan fingerprint density at radius 1 is 1.02 bits per heavy atom. The van der Waals surface area contributed by atoms with E-state index < -0.39 is 50.2 Å². The van der Waals surface area contributed by atoms with E-state index in [-0.39, 0.29) is 66.5 Å². The minimum absolute atomic E-state index is 0.0314. The van der Waals surface area contributed by atoms with Crippen molar-refractivity contribution in [3.8, 4) is 5.88 Å². The summed E-state index contributed by atoms with van der Waals surface area (Å²) in [6.07, 6.45) is 4.72. The summed E-state index contributed by atoms with van der Waals surface area (Å²) in [6, 6.07) is 18.6. The number of carbonyl (C=O) groups is 1. The average Bonchev–Trinajstić information content (AvgIpc) is 3.76. The molecule has 3 aromatic carbocycles. The molecule has 0 atom stereocenters. The van der Waals surface area contributed by atoms with E-state index in [1.54, 1.807) is 18.3 Å². The number of piperazine rings is 1. The van der Waals surface area contributed by atoms with Crippen molar-refractivity contribution in [2.45, 2.75) is 56.5 Å². The van der Waals surface area contributed by atoms with Gasteiger partial charge in [0.15, 0.2) is 0 Å². The lowest BCUT2D eigenvalue weighted by molar-refractivity contribution is -0.384. The molecule has 65 heavy (non-hydrogen) atoms. The van der Waals surface area contributed by atoms with E-state index >= 15 is 4.39 Å². The zero-order chi connectivity index (χ0) is 49.1. The molecule has 15 nitrogen and oxygen atoms in total. The van der Waals surface area contributed by atoms with Crippen LogP contribution in [-0.2, 0) is 14.8 Å². The van der Waals surface area contributed by atoms with E-state index in [1.165, 1.54) is 29.3 Å². The fourth-order valence-corrected chi connectivity index (χ4v) is 10.0. The number of hydrogen-bond donors (Lipinski definition) is 3. The van der Waals surface area contributed by atoms with Crippen LogP contribution in [0.2, 0.25) is 5.02 Å². The highest BCUT2D eigenvalue weighted by atomic mass is 35.5. The summed E-state index contributed by atoms with van der Waals surface area (Å²) in [6.45, 7) is 1.79. The van der Waals surface area contributed by atoms with E-state index in [9.17, 15) is 26.1 Å². The number of anilines is 4. The van der Waals surface area contributed by atoms with E-state index in [4.69, 9.17) is 23.8 Å². The van der Waals surface area contributed by atoms with Gasteiger partial charge in [-0.1, -0.05) is 43.2 Å². The second kappa shape index (κ2) is 17.9. The molecule has 5 aromatic rings. The molecule has 0 radical (unpaired) electrons. The first kappa shape index (κ1) is 39.6. The number of pyridine rings is 1. The molecule has 0 bridgehead atoms. The Morgan fingerprint density at radius 2 is 1.78 bits per heavy atom. The van der Waals surface area contributed by atoms with Crippen LogP contribution in [0.25, 0.3) is 16.6 Å². The number of nitro groups is 1. The van der Waals surface area contributed by atoms with Crippen molar-refractivity contribution in [2.24, 2.45) is 5.41 Å². The second-order valence-electron chi connectivity index (χ2n) is 17.8. The topological polar surface area (TPSA) is 175 Å². The van der Waals surface area contributed by atoms with Gasteiger partial charge in [-0.25, -0.2) is 17.5 Å². The van der Waals surface area contributed by atoms with Gasteiger partial charge in [0.05, 0.1) is 33.0 Å². The van der Waals surface area contributed by atoms with Gasteiger partial charge >= 0.3 is 0 Å². The Balaban J connectivity index is 1.03. The van der Waals surface area contributed by atoms with Crippen molar-refractivity contribution in [1.29, 1.82) is 0 Å². The molecule has 1 aliphatic carbocycles. The van der Waals surface area contributed by atoms with Crippen LogP contribution < -0.4 is 24.6 Å². The number of aromatic nitrogens is 2. The summed E-state index contributed by atoms with van der Waals surface area (Å²) in [5.41, 5.74) is 1.84. The van der Waals surface area contributed by atoms with Crippen molar-refractivity contribution in [2.75, 3.05) is 80.7 Å². The maximum absolute atomic E-state index is 15.3. The first-order valence-electron chi connectivity index (χ1n) is 23.5. The molecular formula is C47H52ClFN8O7S. The third-order valence-electron chi connectivity index (χ3n) is 12.7. The number of benzene rings is 3. The standard InChI is InChI=1S/C47H52ClFN8O7S/c1-46(2)13-11-33(38(28-46)31-3-5-34(48)6-4-31)29-54-17-19-55(20-18-54)35-7-9-37(40(26-35)56-21-24-64-45-42(56)25-32-12-16-50-43(32)52-45)44(58)53-65(61,62)36-8-10-39(41(27-36)57(59)60)51-30-47(49)14-22-63-23-15-47/h3-10,12,16,25-27,51H,11,13-15,17-24,28-30H2,1-2H3,(H,50,52)(H,53,58)/i21D2,24D2. The Hall–Kier alpha value is -5.75. The van der Waals surface area contributed by atoms with E-state index in [0.717, 1.165) is 54.5 Å². The number of rotatable bonds is 12. The molecular weight excluding hydrogens is 875 g/mol. The van der Waals surface area contributed by atoms with Crippen LogP contribution >= 0.6 is 11.6 Å². The molecule has 4 aliphatic rings. The average molecular weight is 932 g/mol. The number of alkyl halides is 1. The number of halogens is 2. The summed E-state index contributed by atoms with van der Waals surface area (Å²) < 4.78 is 92.1. The molecule has 2 saturated heterocycles. The number of nitro benzene ring substituents is 1. The molecule has 2 fully saturated rings. The summed E-state index contributed by atoms with van der Waals surface area (Å²) in [4.78, 5) is 38.0. The van der Waals surface area contributed by atoms with Crippen LogP contribution in [0.4, 0.5) is 32.8 Å². The second-order valence-corrected chi connectivity index (χ2v) is 19.9. The third kappa shape index (κ3) is 9.64. The molecule has 342 valence electrons. The first-order chi connectivity index (χ1) is 32.6. The van der Waals surface area contributed by atoms with Gasteiger partial charge in [-0.2, -0.15) is 4.98 Å². The van der Waals surface area contributed by atoms with Gasteiger partial charge in [-0.15, -0.1) is 0 Å². The predicted molar refractivity (Wildman–Crippen MR) is 250 cm³/mol. The number of fused-ring (bicyclic) bond motifs is 2. The van der Waals surface area contributed by atoms with Crippen molar-refractivity contribution in [3.63, 3.8) is 0 Å². The monoisotopic (exact) mass is 930 g/mol. The molecule has 9 rings (SSSR count). The Morgan fingerprint density at radius 3 is 2.54 bits per heavy atom. The van der Waals surface area contributed by atoms with Crippen molar-refractivity contribution >= 4 is 72.6 Å². The van der Waals surface area contributed by atoms with E-state index in [1.807, 2.05) is 16.9 Å². The number of allylic oxidation sites excluding steroid dienone is 1. The molecule has 0 unspecified atom stereocenters. The number of sulfonamides is 1. The van der Waals surface area contributed by atoms with Gasteiger partial charge in [-0.3, -0.25) is 19.8 Å². The Bertz CT molecular complexity index is 2960. The van der Waals surface area contributed by atoms with Gasteiger partial charge in [0.2, 0.25) is 5.88 Å². The molecule has 2 aromatic heterocycles. The van der Waals surface area contributed by atoms with Gasteiger partial charge in [0.25, 0.3) is 21.6 Å². The smallest absolute Gasteiger partial charge is 0.293 e. The number of aromatic amines is 1. The van der Waals surface area contributed by atoms with E-state index in [0.29, 0.717) is 47.9 Å². The maximum Gasteiger partial charge on any atom is 0.293 e. The van der Waals surface area contributed by atoms with Crippen LogP contribution in [0.15, 0.2) is 89.5 Å². The summed E-state index contributed by atoms with van der Waals surface area (Å²) >= 11 is 6.25. The number of carbonyl (C=O) groups excluding carboxylic acids is 1. The zero-order valence-electron chi connectivity index (χ0n) is 40.0. The summed E-state index contributed by atoms with van der Waals surface area (Å²) in [5.74, 6) is -1.51. The highest BCUT2D eigenvalue weighted by Gasteiger charge is 2.35. The zero-order valence-corrected chi connectivity index (χ0v) is 37.5. The molecule has 3 aliphatic heterocycles. The van der Waals surface area contributed by atoms with Gasteiger partial charge in [0, 0.05) is 93.7 Å². The molecule has 3 N–H and O–H groups in total. The number of ether oxygens (including phenoxy) is 2. The number of hydrogen-bond acceptors (Lipinski definition) is 12. The van der Waals surface area contributed by atoms with E-state index in [2.05, 4.69) is 51.1 Å². The van der Waals surface area contributed by atoms with Crippen LogP contribution in [0.5, 0.6) is 5.88 Å². The normalized spacial score (nSPS) is 21.3. The van der Waals surface area contributed by atoms with Gasteiger partial charge in [-0.05, 0) is 90.4 Å². The highest BCUT2D eigenvalue weighted by molar-refractivity contribution is 7.90. The van der Waals surface area contributed by atoms with Crippen LogP contribution in [-0.4, -0.2) is 105 Å². The molecule has 0 saturated carbocycles. The number of nitrogens with zero attached hydrogens (tertiary/aromatic N) is 5. The molecule has 1 amide bonds. The lowest BCUT2D eigenvalue weighted by Crippen LogP contribution is -2.47. The predicted octanol–water partition coefficient (Wildman–Crippen LogP) is 8.49. The number of amides is 1. The largest absolute Gasteiger partial charge is 0.474 e. The van der Waals surface area contributed by atoms with Crippen LogP contribution in [0.1, 0.15) is 67.4 Å². The van der Waals surface area contributed by atoms with Crippen molar-refractivity contribution in [1.82, 2.24) is 19.6 Å². The fraction of sp³-hybridized carbons (Fsp3) is 0.404. The molecule has 5 heterocycles. The minimum Gasteiger partial charge on any atom is -0.474 e. The first-order valence-corrected chi connectivity index (χ1v) is 23.4. The quantitative estimate of drug-likeness (QED) is 0.0805. The fourth-order valence-electron chi connectivity index (χ4n) is 8.93. The maximum atomic E-state index is 15.3. The molecule has 18 heteroatoms. The third-order valence-corrected chi connectivity index (χ3v) is 14.3. The lowest BCUT2D eigenvalue weighted by atomic mass is 9.72. The highest BCUT2D eigenvalue weighted by Crippen LogP contribution is 2.44. The lowest BCUT2D eigenvalue weighted by Gasteiger charge is -2.39. The summed E-state index contributed by atoms with van der Waals surface area (Å²) in [7, 11) is -4.86. The Labute approximate surface area is 387 Å². The SMILES string of the molecule is [2H]C1([2H])Oc2nc3[nH]ccc3cc2N(c2cc(N3CCN(CC4=C(c5ccc(Cl)cc5)CC(C)(C)CC4)CC3)ccc2C(=O)NS(=O)(=O)c2ccc(NCC3(F)CCOCC3)c([N+](=O)[O-])c2)C1([2H])[2H]. The summed E-state index contributed by atoms with van der Waals surface area (Å²) in [5, 5.41) is 16.1. The van der Waals surface area contributed by atoms with Crippen molar-refractivity contribution in [3.05, 3.63) is 111 Å². The Kier molecular flexibility index (Phi) is 10.9. The number of H-pyrrole nitrogens is 1. The van der Waals surface area contributed by atoms with Crippen LogP contribution in [0, 0.1) is 15.5 Å². The number of nitrogens with one attached hydrogen (secondary N) is 3. The van der Waals surface area contributed by atoms with Crippen LogP contribution in [0.3, 0.4) is 0 Å². The molecule has 0 spiro atoms. The van der Waals surface area contributed by atoms with Crippen molar-refractivity contribution < 1.29 is 37.5 Å².